The molecule has 1 atom stereocenters. The number of anilines is 1. The first-order valence-electron chi connectivity index (χ1n) is 6.31. The third kappa shape index (κ3) is 2.75. The van der Waals surface area contributed by atoms with Crippen molar-refractivity contribution in [1.82, 2.24) is 15.5 Å². The number of hydrogen-bond donors (Lipinski definition) is 3. The number of aromatic nitrogens is 2. The SMILES string of the molecule is Fc1cc(-c2cc(NC3CCNC3)n[nH]2)c(Cl)cc1Cl. The summed E-state index contributed by atoms with van der Waals surface area (Å²) in [4.78, 5) is 0. The summed E-state index contributed by atoms with van der Waals surface area (Å²) in [5.41, 5.74) is 1.19. The highest BCUT2D eigenvalue weighted by Gasteiger charge is 2.16. The van der Waals surface area contributed by atoms with Gasteiger partial charge in [0.15, 0.2) is 0 Å². The van der Waals surface area contributed by atoms with E-state index in [-0.39, 0.29) is 5.02 Å². The van der Waals surface area contributed by atoms with Crippen LogP contribution < -0.4 is 10.6 Å². The van der Waals surface area contributed by atoms with Gasteiger partial charge in [0, 0.05) is 24.2 Å². The van der Waals surface area contributed by atoms with E-state index in [2.05, 4.69) is 20.8 Å². The van der Waals surface area contributed by atoms with Crippen LogP contribution in [-0.4, -0.2) is 29.3 Å². The lowest BCUT2D eigenvalue weighted by molar-refractivity contribution is 0.628. The molecule has 0 aliphatic carbocycles. The normalized spacial score (nSPS) is 18.4. The molecule has 0 amide bonds. The molecule has 1 aromatic carbocycles. The first-order valence-corrected chi connectivity index (χ1v) is 7.06. The lowest BCUT2D eigenvalue weighted by atomic mass is 10.1. The molecule has 3 N–H and O–H groups in total. The minimum Gasteiger partial charge on any atom is -0.365 e. The Balaban J connectivity index is 1.84. The van der Waals surface area contributed by atoms with Crippen LogP contribution in [0, 0.1) is 5.82 Å². The molecular weight excluding hydrogens is 302 g/mol. The first kappa shape index (κ1) is 13.7. The van der Waals surface area contributed by atoms with E-state index in [1.165, 1.54) is 12.1 Å². The number of nitrogens with zero attached hydrogens (tertiary/aromatic N) is 1. The minimum atomic E-state index is -0.504. The van der Waals surface area contributed by atoms with Crippen LogP contribution in [0.25, 0.3) is 11.3 Å². The molecule has 4 nitrogen and oxygen atoms in total. The molecule has 1 fully saturated rings. The maximum atomic E-state index is 13.5. The van der Waals surface area contributed by atoms with Gasteiger partial charge in [0.2, 0.25) is 0 Å². The maximum absolute atomic E-state index is 13.5. The van der Waals surface area contributed by atoms with Gasteiger partial charge >= 0.3 is 0 Å². The highest BCUT2D eigenvalue weighted by Crippen LogP contribution is 2.32. The highest BCUT2D eigenvalue weighted by molar-refractivity contribution is 6.36. The molecule has 0 radical (unpaired) electrons. The number of rotatable bonds is 3. The lowest BCUT2D eigenvalue weighted by Crippen LogP contribution is -2.22. The zero-order valence-electron chi connectivity index (χ0n) is 10.5. The van der Waals surface area contributed by atoms with Crippen LogP contribution in [-0.2, 0) is 0 Å². The Morgan fingerprint density at radius 2 is 2.10 bits per heavy atom. The molecule has 0 saturated carbocycles. The van der Waals surface area contributed by atoms with Crippen molar-refractivity contribution in [3.63, 3.8) is 0 Å². The van der Waals surface area contributed by atoms with Gasteiger partial charge in [-0.05, 0) is 25.1 Å². The number of hydrogen-bond acceptors (Lipinski definition) is 3. The van der Waals surface area contributed by atoms with Crippen molar-refractivity contribution in [3.05, 3.63) is 34.1 Å². The van der Waals surface area contributed by atoms with Crippen LogP contribution in [0.1, 0.15) is 6.42 Å². The zero-order chi connectivity index (χ0) is 14.1. The van der Waals surface area contributed by atoms with Crippen LogP contribution >= 0.6 is 23.2 Å². The van der Waals surface area contributed by atoms with Crippen LogP contribution in [0.3, 0.4) is 0 Å². The van der Waals surface area contributed by atoms with Gasteiger partial charge in [0.1, 0.15) is 11.6 Å². The van der Waals surface area contributed by atoms with Gasteiger partial charge in [-0.3, -0.25) is 5.10 Å². The van der Waals surface area contributed by atoms with E-state index < -0.39 is 5.82 Å². The predicted molar refractivity (Wildman–Crippen MR) is 78.9 cm³/mol. The highest BCUT2D eigenvalue weighted by atomic mass is 35.5. The van der Waals surface area contributed by atoms with Gasteiger partial charge in [-0.2, -0.15) is 5.10 Å². The number of benzene rings is 1. The second kappa shape index (κ2) is 5.60. The summed E-state index contributed by atoms with van der Waals surface area (Å²) in [6, 6.07) is 4.87. The van der Waals surface area contributed by atoms with Gasteiger partial charge in [-0.25, -0.2) is 4.39 Å². The summed E-state index contributed by atoms with van der Waals surface area (Å²) in [5.74, 6) is 0.218. The van der Waals surface area contributed by atoms with Gasteiger partial charge in [-0.1, -0.05) is 23.2 Å². The van der Waals surface area contributed by atoms with E-state index in [9.17, 15) is 4.39 Å². The number of nitrogens with one attached hydrogen (secondary N) is 3. The second-order valence-corrected chi connectivity index (χ2v) is 5.56. The third-order valence-electron chi connectivity index (χ3n) is 3.29. The Bertz CT molecular complexity index is 623. The van der Waals surface area contributed by atoms with Crippen LogP contribution in [0.2, 0.25) is 10.0 Å². The summed E-state index contributed by atoms with van der Waals surface area (Å²) >= 11 is 11.8. The first-order chi connectivity index (χ1) is 9.63. The molecule has 0 spiro atoms. The molecule has 3 rings (SSSR count). The second-order valence-electron chi connectivity index (χ2n) is 4.75. The van der Waals surface area contributed by atoms with Crippen LogP contribution in [0.15, 0.2) is 18.2 Å². The molecule has 1 unspecified atom stereocenters. The van der Waals surface area contributed by atoms with Gasteiger partial charge in [0.05, 0.1) is 15.7 Å². The quantitative estimate of drug-likeness (QED) is 0.762. The Morgan fingerprint density at radius 1 is 1.25 bits per heavy atom. The van der Waals surface area contributed by atoms with E-state index >= 15 is 0 Å². The molecule has 2 heterocycles. The lowest BCUT2D eigenvalue weighted by Gasteiger charge is -2.08. The molecule has 1 aliphatic rings. The van der Waals surface area contributed by atoms with Crippen molar-refractivity contribution in [2.75, 3.05) is 18.4 Å². The predicted octanol–water partition coefficient (Wildman–Crippen LogP) is 3.30. The largest absolute Gasteiger partial charge is 0.365 e. The van der Waals surface area contributed by atoms with Crippen molar-refractivity contribution in [2.45, 2.75) is 12.5 Å². The zero-order valence-corrected chi connectivity index (χ0v) is 12.0. The summed E-state index contributed by atoms with van der Waals surface area (Å²) in [6.07, 6.45) is 1.05. The van der Waals surface area contributed by atoms with Crippen LogP contribution in [0.4, 0.5) is 10.2 Å². The van der Waals surface area contributed by atoms with Crippen molar-refractivity contribution in [3.8, 4) is 11.3 Å². The Morgan fingerprint density at radius 3 is 2.85 bits per heavy atom. The van der Waals surface area contributed by atoms with E-state index in [4.69, 9.17) is 23.2 Å². The maximum Gasteiger partial charge on any atom is 0.148 e. The van der Waals surface area contributed by atoms with E-state index in [1.807, 2.05) is 6.07 Å². The number of H-pyrrole nitrogens is 1. The Kier molecular flexibility index (Phi) is 3.83. The average Bonchev–Trinajstić information content (AvgIpc) is 3.06. The van der Waals surface area contributed by atoms with E-state index in [1.54, 1.807) is 0 Å². The van der Waals surface area contributed by atoms with Crippen molar-refractivity contribution in [1.29, 1.82) is 0 Å². The Labute approximate surface area is 125 Å². The monoisotopic (exact) mass is 314 g/mol. The molecule has 2 aromatic rings. The minimum absolute atomic E-state index is 0.00800. The number of halogens is 3. The summed E-state index contributed by atoms with van der Waals surface area (Å²) in [5, 5.41) is 14.0. The van der Waals surface area contributed by atoms with Crippen LogP contribution in [0.5, 0.6) is 0 Å². The van der Waals surface area contributed by atoms with E-state index in [0.717, 1.165) is 25.3 Å². The fourth-order valence-corrected chi connectivity index (χ4v) is 2.73. The Hall–Kier alpha value is -1.30. The standard InChI is InChI=1S/C13H13Cl2FN4/c14-9-4-10(15)11(16)3-8(9)12-5-13(20-19-12)18-7-1-2-17-6-7/h3-5,7,17H,1-2,6H2,(H2,18,19,20). The van der Waals surface area contributed by atoms with Gasteiger partial charge in [0.25, 0.3) is 0 Å². The van der Waals surface area contributed by atoms with Crippen molar-refractivity contribution < 1.29 is 4.39 Å². The molecule has 1 aromatic heterocycles. The fraction of sp³-hybridized carbons (Fsp3) is 0.308. The summed E-state index contributed by atoms with van der Waals surface area (Å²) in [6.45, 7) is 1.92. The third-order valence-corrected chi connectivity index (χ3v) is 3.89. The summed E-state index contributed by atoms with van der Waals surface area (Å²) in [7, 11) is 0. The van der Waals surface area contributed by atoms with E-state index in [0.29, 0.717) is 22.3 Å². The molecule has 1 aliphatic heterocycles. The molecular formula is C13H13Cl2FN4. The van der Waals surface area contributed by atoms with Crippen molar-refractivity contribution >= 4 is 29.0 Å². The smallest absolute Gasteiger partial charge is 0.148 e. The molecule has 1 saturated heterocycles. The molecule has 7 heteroatoms. The fourth-order valence-electron chi connectivity index (χ4n) is 2.25. The topological polar surface area (TPSA) is 52.7 Å². The molecule has 20 heavy (non-hydrogen) atoms. The summed E-state index contributed by atoms with van der Waals surface area (Å²) < 4.78 is 13.5. The average molecular weight is 315 g/mol. The van der Waals surface area contributed by atoms with Gasteiger partial charge < -0.3 is 10.6 Å². The number of aromatic amines is 1. The van der Waals surface area contributed by atoms with Gasteiger partial charge in [-0.15, -0.1) is 0 Å². The molecule has 106 valence electrons. The molecule has 0 bridgehead atoms. The van der Waals surface area contributed by atoms with Crippen molar-refractivity contribution in [2.24, 2.45) is 0 Å².